The predicted molar refractivity (Wildman–Crippen MR) is 105 cm³/mol. The monoisotopic (exact) mass is 388 g/mol. The van der Waals surface area contributed by atoms with Gasteiger partial charge in [0, 0.05) is 10.6 Å². The summed E-state index contributed by atoms with van der Waals surface area (Å²) < 4.78 is 5.40. The van der Waals surface area contributed by atoms with Crippen LogP contribution in [0, 0.1) is 0 Å². The number of amides is 2. The number of hydrogen-bond acceptors (Lipinski definition) is 3. The summed E-state index contributed by atoms with van der Waals surface area (Å²) in [5, 5.41) is 3.43. The van der Waals surface area contributed by atoms with Gasteiger partial charge in [0.2, 0.25) is 5.91 Å². The Balaban J connectivity index is 1.79. The molecular formula is C20H23ClN3O3+. The zero-order valence-electron chi connectivity index (χ0n) is 15.6. The van der Waals surface area contributed by atoms with Crippen LogP contribution in [0.3, 0.4) is 0 Å². The summed E-state index contributed by atoms with van der Waals surface area (Å²) in [4.78, 5) is 27.7. The molecule has 0 spiro atoms. The molecule has 2 aromatic rings. The number of quaternary nitrogens is 1. The molecule has 1 unspecified atom stereocenters. The lowest BCUT2D eigenvalue weighted by atomic mass is 10.1. The number of anilines is 2. The van der Waals surface area contributed by atoms with Crippen molar-refractivity contribution in [1.29, 1.82) is 0 Å². The molecule has 0 radical (unpaired) electrons. The number of nitrogens with zero attached hydrogens (tertiary/aromatic N) is 1. The van der Waals surface area contributed by atoms with Gasteiger partial charge in [-0.05, 0) is 37.3 Å². The first kappa shape index (κ1) is 19.2. The van der Waals surface area contributed by atoms with Crippen molar-refractivity contribution in [3.05, 3.63) is 53.1 Å². The standard InChI is InChI=1S/C20H22ClN3O3/c1-13(23(2)11-14-10-15(21)8-9-18(14)27-3)20(26)24-12-19(25)22-16-6-4-5-7-17(16)24/h4-10,13H,11-12H2,1-3H3,(H,22,25)/p+1/t13-/m1/s1. The van der Waals surface area contributed by atoms with Gasteiger partial charge in [-0.25, -0.2) is 0 Å². The minimum atomic E-state index is -0.354. The van der Waals surface area contributed by atoms with Gasteiger partial charge in [0.1, 0.15) is 18.8 Å². The number of methoxy groups -OCH3 is 1. The lowest BCUT2D eigenvalue weighted by Gasteiger charge is -2.32. The minimum absolute atomic E-state index is 0.0218. The van der Waals surface area contributed by atoms with Gasteiger partial charge in [-0.1, -0.05) is 23.7 Å². The van der Waals surface area contributed by atoms with Crippen molar-refractivity contribution < 1.29 is 19.2 Å². The fraction of sp³-hybridized carbons (Fsp3) is 0.300. The van der Waals surface area contributed by atoms with Crippen molar-refractivity contribution in [3.63, 3.8) is 0 Å². The van der Waals surface area contributed by atoms with E-state index in [1.54, 1.807) is 24.1 Å². The molecule has 1 heterocycles. The van der Waals surface area contributed by atoms with Crippen LogP contribution in [-0.4, -0.2) is 38.6 Å². The van der Waals surface area contributed by atoms with E-state index in [4.69, 9.17) is 16.3 Å². The fourth-order valence-corrected chi connectivity index (χ4v) is 3.41. The molecule has 6 nitrogen and oxygen atoms in total. The normalized spacial score (nSPS) is 15.6. The number of hydrogen-bond donors (Lipinski definition) is 2. The van der Waals surface area contributed by atoms with Gasteiger partial charge in [-0.2, -0.15) is 0 Å². The smallest absolute Gasteiger partial charge is 0.285 e. The molecule has 1 aliphatic rings. The van der Waals surface area contributed by atoms with E-state index in [2.05, 4.69) is 5.32 Å². The fourth-order valence-electron chi connectivity index (χ4n) is 3.21. The lowest BCUT2D eigenvalue weighted by Crippen LogP contribution is -3.12. The van der Waals surface area contributed by atoms with Gasteiger partial charge < -0.3 is 15.0 Å². The Morgan fingerprint density at radius 3 is 2.81 bits per heavy atom. The zero-order valence-corrected chi connectivity index (χ0v) is 16.3. The lowest BCUT2D eigenvalue weighted by molar-refractivity contribution is -0.908. The van der Waals surface area contributed by atoms with Gasteiger partial charge in [0.15, 0.2) is 6.04 Å². The number of para-hydroxylation sites is 2. The number of likely N-dealkylation sites (N-methyl/N-ethyl adjacent to an activating group) is 1. The van der Waals surface area contributed by atoms with Gasteiger partial charge in [-0.3, -0.25) is 14.5 Å². The van der Waals surface area contributed by atoms with Gasteiger partial charge in [-0.15, -0.1) is 0 Å². The molecule has 0 bridgehead atoms. The first-order valence-corrected chi connectivity index (χ1v) is 9.13. The van der Waals surface area contributed by atoms with E-state index in [-0.39, 0.29) is 24.4 Å². The quantitative estimate of drug-likeness (QED) is 0.820. The molecular weight excluding hydrogens is 366 g/mol. The van der Waals surface area contributed by atoms with Crippen molar-refractivity contribution in [2.75, 3.05) is 30.9 Å². The number of nitrogens with one attached hydrogen (secondary N) is 2. The molecule has 27 heavy (non-hydrogen) atoms. The average Bonchev–Trinajstić information content (AvgIpc) is 2.66. The summed E-state index contributed by atoms with van der Waals surface area (Å²) >= 11 is 6.11. The van der Waals surface area contributed by atoms with Crippen molar-refractivity contribution >= 4 is 34.8 Å². The predicted octanol–water partition coefficient (Wildman–Crippen LogP) is 1.74. The van der Waals surface area contributed by atoms with Crippen molar-refractivity contribution in [1.82, 2.24) is 0 Å². The maximum atomic E-state index is 13.1. The van der Waals surface area contributed by atoms with Crippen molar-refractivity contribution in [2.24, 2.45) is 0 Å². The molecule has 2 amide bonds. The molecule has 0 saturated heterocycles. The summed E-state index contributed by atoms with van der Waals surface area (Å²) in [6, 6.07) is 12.4. The molecule has 0 aliphatic carbocycles. The molecule has 2 atom stereocenters. The van der Waals surface area contributed by atoms with Crippen LogP contribution in [0.4, 0.5) is 11.4 Å². The molecule has 0 aromatic heterocycles. The number of rotatable bonds is 5. The number of fused-ring (bicyclic) bond motifs is 1. The Labute approximate surface area is 163 Å². The third-order valence-electron chi connectivity index (χ3n) is 4.86. The third-order valence-corrected chi connectivity index (χ3v) is 5.09. The summed E-state index contributed by atoms with van der Waals surface area (Å²) in [6.07, 6.45) is 0. The van der Waals surface area contributed by atoms with E-state index in [1.807, 2.05) is 44.3 Å². The third kappa shape index (κ3) is 4.07. The second-order valence-corrected chi connectivity index (χ2v) is 7.13. The molecule has 142 valence electrons. The van der Waals surface area contributed by atoms with Crippen LogP contribution in [0.25, 0.3) is 0 Å². The number of benzene rings is 2. The van der Waals surface area contributed by atoms with Crippen LogP contribution in [-0.2, 0) is 16.1 Å². The van der Waals surface area contributed by atoms with Crippen molar-refractivity contribution in [3.8, 4) is 5.75 Å². The zero-order chi connectivity index (χ0) is 19.6. The second-order valence-electron chi connectivity index (χ2n) is 6.69. The van der Waals surface area contributed by atoms with E-state index in [0.717, 1.165) is 21.9 Å². The Kier molecular flexibility index (Phi) is 5.68. The highest BCUT2D eigenvalue weighted by molar-refractivity contribution is 6.30. The maximum absolute atomic E-state index is 13.1. The topological polar surface area (TPSA) is 63.1 Å². The van der Waals surface area contributed by atoms with E-state index >= 15 is 0 Å². The second kappa shape index (κ2) is 7.98. The van der Waals surface area contributed by atoms with E-state index < -0.39 is 0 Å². The Bertz CT molecular complexity index is 871. The Hall–Kier alpha value is -2.57. The van der Waals surface area contributed by atoms with Crippen LogP contribution in [0.15, 0.2) is 42.5 Å². The number of carbonyl (C=O) groups is 2. The molecule has 0 saturated carbocycles. The highest BCUT2D eigenvalue weighted by Crippen LogP contribution is 2.29. The van der Waals surface area contributed by atoms with Crippen LogP contribution in [0.5, 0.6) is 5.75 Å². The van der Waals surface area contributed by atoms with Crippen LogP contribution in [0.1, 0.15) is 12.5 Å². The number of ether oxygens (including phenoxy) is 1. The summed E-state index contributed by atoms with van der Waals surface area (Å²) in [7, 11) is 3.55. The van der Waals surface area contributed by atoms with Gasteiger partial charge in [0.25, 0.3) is 5.91 Å². The number of carbonyl (C=O) groups excluding carboxylic acids is 2. The maximum Gasteiger partial charge on any atom is 0.285 e. The van der Waals surface area contributed by atoms with E-state index in [0.29, 0.717) is 17.3 Å². The van der Waals surface area contributed by atoms with Crippen LogP contribution in [0.2, 0.25) is 5.02 Å². The van der Waals surface area contributed by atoms with Gasteiger partial charge in [0.05, 0.1) is 25.5 Å². The first-order valence-electron chi connectivity index (χ1n) is 8.75. The summed E-state index contributed by atoms with van der Waals surface area (Å²) in [6.45, 7) is 2.45. The van der Waals surface area contributed by atoms with Crippen molar-refractivity contribution in [2.45, 2.75) is 19.5 Å². The molecule has 7 heteroatoms. The summed E-state index contributed by atoms with van der Waals surface area (Å²) in [5.74, 6) is 0.445. The molecule has 1 aliphatic heterocycles. The van der Waals surface area contributed by atoms with Crippen LogP contribution < -0.4 is 19.9 Å². The van der Waals surface area contributed by atoms with E-state index in [1.165, 1.54) is 0 Å². The highest BCUT2D eigenvalue weighted by Gasteiger charge is 2.33. The van der Waals surface area contributed by atoms with E-state index in [9.17, 15) is 9.59 Å². The Morgan fingerprint density at radius 1 is 1.33 bits per heavy atom. The SMILES string of the molecule is COc1ccc(Cl)cc1C[NH+](C)[C@H](C)C(=O)N1CC(=O)Nc2ccccc21. The molecule has 2 aromatic carbocycles. The summed E-state index contributed by atoms with van der Waals surface area (Å²) in [5.41, 5.74) is 2.31. The Morgan fingerprint density at radius 2 is 2.07 bits per heavy atom. The molecule has 3 rings (SSSR count). The first-order chi connectivity index (χ1) is 12.9. The highest BCUT2D eigenvalue weighted by atomic mass is 35.5. The average molecular weight is 389 g/mol. The largest absolute Gasteiger partial charge is 0.496 e. The van der Waals surface area contributed by atoms with Gasteiger partial charge >= 0.3 is 0 Å². The van der Waals surface area contributed by atoms with Crippen LogP contribution >= 0.6 is 11.6 Å². The molecule has 2 N–H and O–H groups in total. The molecule has 0 fully saturated rings. The minimum Gasteiger partial charge on any atom is -0.496 e. The number of halogens is 1.